The van der Waals surface area contributed by atoms with Crippen molar-refractivity contribution in [2.75, 3.05) is 0 Å². The number of hydrogen-bond donors (Lipinski definition) is 2. The van der Waals surface area contributed by atoms with Crippen molar-refractivity contribution in [2.45, 2.75) is 19.3 Å². The van der Waals surface area contributed by atoms with Crippen molar-refractivity contribution in [1.29, 1.82) is 0 Å². The van der Waals surface area contributed by atoms with E-state index >= 15 is 0 Å². The lowest BCUT2D eigenvalue weighted by molar-refractivity contribution is 0.0684. The van der Waals surface area contributed by atoms with Crippen molar-refractivity contribution >= 4 is 5.97 Å². The van der Waals surface area contributed by atoms with Gasteiger partial charge in [0.2, 0.25) is 5.82 Å². The summed E-state index contributed by atoms with van der Waals surface area (Å²) >= 11 is 0. The molecule has 1 aliphatic carbocycles. The fourth-order valence-electron chi connectivity index (χ4n) is 1.39. The third-order valence-corrected chi connectivity index (χ3v) is 1.91. The molecule has 0 fully saturated rings. The van der Waals surface area contributed by atoms with Gasteiger partial charge in [-0.2, -0.15) is 0 Å². The first-order valence-electron chi connectivity index (χ1n) is 3.58. The topological polar surface area (TPSA) is 66.0 Å². The monoisotopic (exact) mass is 152 g/mol. The SMILES string of the molecule is O=C(O)c1nc2c([nH]1)CCC2. The smallest absolute Gasteiger partial charge is 0.371 e. The molecule has 0 aromatic carbocycles. The van der Waals surface area contributed by atoms with Crippen molar-refractivity contribution < 1.29 is 9.90 Å². The highest BCUT2D eigenvalue weighted by molar-refractivity contribution is 5.83. The number of carboxylic acids is 1. The molecule has 0 atom stereocenters. The summed E-state index contributed by atoms with van der Waals surface area (Å²) < 4.78 is 0. The van der Waals surface area contributed by atoms with Crippen LogP contribution in [0.5, 0.6) is 0 Å². The summed E-state index contributed by atoms with van der Waals surface area (Å²) in [6.45, 7) is 0. The van der Waals surface area contributed by atoms with E-state index in [4.69, 9.17) is 5.11 Å². The summed E-state index contributed by atoms with van der Waals surface area (Å²) in [5.41, 5.74) is 1.94. The molecule has 11 heavy (non-hydrogen) atoms. The van der Waals surface area contributed by atoms with Crippen LogP contribution in [0.25, 0.3) is 0 Å². The Morgan fingerprint density at radius 3 is 3.00 bits per heavy atom. The maximum atomic E-state index is 10.4. The van der Waals surface area contributed by atoms with Crippen LogP contribution in [0.4, 0.5) is 0 Å². The Bertz CT molecular complexity index is 282. The zero-order valence-electron chi connectivity index (χ0n) is 5.92. The lowest BCUT2D eigenvalue weighted by atomic mass is 10.3. The number of carbonyl (C=O) groups is 1. The third kappa shape index (κ3) is 0.906. The Labute approximate surface area is 63.3 Å². The minimum atomic E-state index is -0.973. The molecule has 2 N–H and O–H groups in total. The number of aromatic nitrogens is 2. The molecule has 1 aromatic heterocycles. The second-order valence-electron chi connectivity index (χ2n) is 2.67. The summed E-state index contributed by atoms with van der Waals surface area (Å²) in [6, 6.07) is 0. The maximum absolute atomic E-state index is 10.4. The molecular weight excluding hydrogens is 144 g/mol. The van der Waals surface area contributed by atoms with E-state index in [0.29, 0.717) is 0 Å². The zero-order chi connectivity index (χ0) is 7.84. The molecule has 1 aromatic rings. The summed E-state index contributed by atoms with van der Waals surface area (Å²) in [5, 5.41) is 8.55. The van der Waals surface area contributed by atoms with E-state index in [0.717, 1.165) is 30.7 Å². The molecule has 0 saturated heterocycles. The van der Waals surface area contributed by atoms with Gasteiger partial charge in [-0.15, -0.1) is 0 Å². The number of nitrogens with zero attached hydrogens (tertiary/aromatic N) is 1. The number of H-pyrrole nitrogens is 1. The molecular formula is C7H8N2O2. The first kappa shape index (κ1) is 6.39. The van der Waals surface area contributed by atoms with Gasteiger partial charge in [0.1, 0.15) is 0 Å². The summed E-state index contributed by atoms with van der Waals surface area (Å²) in [7, 11) is 0. The molecule has 2 rings (SSSR count). The summed E-state index contributed by atoms with van der Waals surface area (Å²) in [5.74, 6) is -0.894. The number of aryl methyl sites for hydroxylation is 2. The van der Waals surface area contributed by atoms with Gasteiger partial charge in [0.05, 0.1) is 5.69 Å². The van der Waals surface area contributed by atoms with Crippen LogP contribution in [0.1, 0.15) is 28.4 Å². The Hall–Kier alpha value is -1.32. The molecule has 1 heterocycles. The van der Waals surface area contributed by atoms with Gasteiger partial charge in [0.25, 0.3) is 0 Å². The maximum Gasteiger partial charge on any atom is 0.371 e. The van der Waals surface area contributed by atoms with Crippen molar-refractivity contribution in [1.82, 2.24) is 9.97 Å². The highest BCUT2D eigenvalue weighted by Crippen LogP contribution is 2.18. The average molecular weight is 152 g/mol. The lowest BCUT2D eigenvalue weighted by Gasteiger charge is -1.86. The molecule has 0 amide bonds. The van der Waals surface area contributed by atoms with Crippen molar-refractivity contribution in [3.05, 3.63) is 17.2 Å². The number of carboxylic acid groups (broad SMARTS) is 1. The van der Waals surface area contributed by atoms with Crippen LogP contribution in [-0.2, 0) is 12.8 Å². The second-order valence-corrected chi connectivity index (χ2v) is 2.67. The molecule has 0 unspecified atom stereocenters. The average Bonchev–Trinajstić information content (AvgIpc) is 2.40. The molecule has 0 radical (unpaired) electrons. The number of imidazole rings is 1. The van der Waals surface area contributed by atoms with Gasteiger partial charge < -0.3 is 10.1 Å². The largest absolute Gasteiger partial charge is 0.475 e. The van der Waals surface area contributed by atoms with Gasteiger partial charge in [-0.05, 0) is 19.3 Å². The van der Waals surface area contributed by atoms with Crippen LogP contribution < -0.4 is 0 Å². The fourth-order valence-corrected chi connectivity index (χ4v) is 1.39. The molecule has 4 heteroatoms. The van der Waals surface area contributed by atoms with Crippen molar-refractivity contribution in [2.24, 2.45) is 0 Å². The van der Waals surface area contributed by atoms with Crippen LogP contribution in [0.3, 0.4) is 0 Å². The van der Waals surface area contributed by atoms with E-state index in [1.165, 1.54) is 0 Å². The highest BCUT2D eigenvalue weighted by atomic mass is 16.4. The van der Waals surface area contributed by atoms with E-state index in [2.05, 4.69) is 9.97 Å². The number of nitrogens with one attached hydrogen (secondary N) is 1. The minimum absolute atomic E-state index is 0.0784. The summed E-state index contributed by atoms with van der Waals surface area (Å²) in [4.78, 5) is 17.1. The van der Waals surface area contributed by atoms with Crippen molar-refractivity contribution in [3.63, 3.8) is 0 Å². The van der Waals surface area contributed by atoms with Gasteiger partial charge in [0.15, 0.2) is 0 Å². The number of aromatic amines is 1. The third-order valence-electron chi connectivity index (χ3n) is 1.91. The molecule has 4 nitrogen and oxygen atoms in total. The molecule has 58 valence electrons. The number of fused-ring (bicyclic) bond motifs is 1. The standard InChI is InChI=1S/C7H8N2O2/c10-7(11)6-8-4-2-1-3-5(4)9-6/h1-3H2,(H,8,9)(H,10,11). The Morgan fingerprint density at radius 1 is 1.55 bits per heavy atom. The van der Waals surface area contributed by atoms with Gasteiger partial charge in [-0.3, -0.25) is 0 Å². The fraction of sp³-hybridized carbons (Fsp3) is 0.429. The quantitative estimate of drug-likeness (QED) is 0.619. The zero-order valence-corrected chi connectivity index (χ0v) is 5.92. The van der Waals surface area contributed by atoms with Gasteiger partial charge in [0, 0.05) is 5.69 Å². The first-order valence-corrected chi connectivity index (χ1v) is 3.58. The number of aromatic carboxylic acids is 1. The Kier molecular flexibility index (Phi) is 1.21. The molecule has 0 aliphatic heterocycles. The predicted molar refractivity (Wildman–Crippen MR) is 37.6 cm³/mol. The molecule has 1 aliphatic rings. The summed E-state index contributed by atoms with van der Waals surface area (Å²) in [6.07, 6.45) is 2.95. The predicted octanol–water partition coefficient (Wildman–Crippen LogP) is 0.597. The normalized spacial score (nSPS) is 14.9. The van der Waals surface area contributed by atoms with Crippen LogP contribution in [0.15, 0.2) is 0 Å². The van der Waals surface area contributed by atoms with E-state index in [1.807, 2.05) is 0 Å². The Morgan fingerprint density at radius 2 is 2.36 bits per heavy atom. The van der Waals surface area contributed by atoms with Crippen LogP contribution in [-0.4, -0.2) is 21.0 Å². The van der Waals surface area contributed by atoms with E-state index < -0.39 is 5.97 Å². The molecule has 0 saturated carbocycles. The van der Waals surface area contributed by atoms with Gasteiger partial charge in [-0.25, -0.2) is 9.78 Å². The van der Waals surface area contributed by atoms with Crippen LogP contribution in [0, 0.1) is 0 Å². The Balaban J connectivity index is 2.42. The van der Waals surface area contributed by atoms with E-state index in [-0.39, 0.29) is 5.82 Å². The van der Waals surface area contributed by atoms with Gasteiger partial charge >= 0.3 is 5.97 Å². The van der Waals surface area contributed by atoms with Gasteiger partial charge in [-0.1, -0.05) is 0 Å². The van der Waals surface area contributed by atoms with Crippen molar-refractivity contribution in [3.8, 4) is 0 Å². The lowest BCUT2D eigenvalue weighted by Crippen LogP contribution is -1.99. The first-order chi connectivity index (χ1) is 5.27. The molecule has 0 spiro atoms. The molecule has 0 bridgehead atoms. The highest BCUT2D eigenvalue weighted by Gasteiger charge is 2.18. The van der Waals surface area contributed by atoms with Crippen LogP contribution in [0.2, 0.25) is 0 Å². The van der Waals surface area contributed by atoms with Crippen LogP contribution >= 0.6 is 0 Å². The minimum Gasteiger partial charge on any atom is -0.475 e. The number of rotatable bonds is 1. The van der Waals surface area contributed by atoms with E-state index in [9.17, 15) is 4.79 Å². The second kappa shape index (κ2) is 2.08. The van der Waals surface area contributed by atoms with E-state index in [1.54, 1.807) is 0 Å². The number of hydrogen-bond acceptors (Lipinski definition) is 2.